The molecule has 2 spiro atoms. The van der Waals surface area contributed by atoms with E-state index in [1.165, 1.54) is 18.2 Å². The summed E-state index contributed by atoms with van der Waals surface area (Å²) in [6.07, 6.45) is 8.77. The SMILES string of the molecule is C.C.CC1CCCC(C)C12OC(=O)C(=CC=CC1=C([O-])OC3(OC1=O)C(C)CCCC3C)C(=O)O2.[HH].[HH]. The Morgan fingerprint density at radius 3 is 1.57 bits per heavy atom. The van der Waals surface area contributed by atoms with Gasteiger partial charge in [0.1, 0.15) is 5.57 Å². The van der Waals surface area contributed by atoms with Crippen LogP contribution in [0.1, 0.15) is 83.9 Å². The molecule has 1 saturated heterocycles. The predicted octanol–water partition coefficient (Wildman–Crippen LogP) is 4.78. The lowest BCUT2D eigenvalue weighted by molar-refractivity contribution is -0.414. The van der Waals surface area contributed by atoms with Gasteiger partial charge in [0.05, 0.1) is 11.5 Å². The lowest BCUT2D eigenvalue weighted by Crippen LogP contribution is -2.56. The van der Waals surface area contributed by atoms with Crippen molar-refractivity contribution < 1.29 is 41.3 Å². The third-order valence-electron chi connectivity index (χ3n) is 7.71. The number of esters is 3. The van der Waals surface area contributed by atoms with Crippen LogP contribution in [-0.4, -0.2) is 29.5 Å². The van der Waals surface area contributed by atoms with Gasteiger partial charge in [-0.05, 0) is 37.8 Å². The van der Waals surface area contributed by atoms with Crippen LogP contribution in [0.5, 0.6) is 0 Å². The molecule has 35 heavy (non-hydrogen) atoms. The molecule has 3 fully saturated rings. The van der Waals surface area contributed by atoms with Crippen molar-refractivity contribution in [2.24, 2.45) is 23.7 Å². The molecule has 4 rings (SSSR count). The molecule has 2 aliphatic carbocycles. The summed E-state index contributed by atoms with van der Waals surface area (Å²) >= 11 is 0. The van der Waals surface area contributed by atoms with Gasteiger partial charge >= 0.3 is 17.9 Å². The van der Waals surface area contributed by atoms with Gasteiger partial charge < -0.3 is 24.1 Å². The maximum atomic E-state index is 12.6. The van der Waals surface area contributed by atoms with Crippen molar-refractivity contribution in [2.75, 3.05) is 0 Å². The minimum absolute atomic E-state index is 0. The highest BCUT2D eigenvalue weighted by atomic mass is 16.8. The Labute approximate surface area is 211 Å². The number of carbonyl (C=O) groups excluding carboxylic acids is 3. The molecule has 4 aliphatic rings. The summed E-state index contributed by atoms with van der Waals surface area (Å²) in [4.78, 5) is 37.9. The van der Waals surface area contributed by atoms with E-state index in [9.17, 15) is 19.5 Å². The zero-order chi connectivity index (χ0) is 24.0. The van der Waals surface area contributed by atoms with Crippen LogP contribution in [-0.2, 0) is 33.3 Å². The van der Waals surface area contributed by atoms with Crippen LogP contribution >= 0.6 is 0 Å². The first-order valence-electron chi connectivity index (χ1n) is 11.8. The van der Waals surface area contributed by atoms with Gasteiger partial charge in [0.25, 0.3) is 5.79 Å². The first-order valence-corrected chi connectivity index (χ1v) is 11.8. The van der Waals surface area contributed by atoms with E-state index >= 15 is 0 Å². The number of ether oxygens (including phenoxy) is 4. The van der Waals surface area contributed by atoms with E-state index in [4.69, 9.17) is 18.9 Å². The predicted molar refractivity (Wildman–Crippen MR) is 131 cm³/mol. The van der Waals surface area contributed by atoms with Gasteiger partial charge in [-0.25, -0.2) is 14.4 Å². The Morgan fingerprint density at radius 1 is 0.743 bits per heavy atom. The fraction of sp³-hybridized carbons (Fsp3) is 0.667. The van der Waals surface area contributed by atoms with Gasteiger partial charge in [0.2, 0.25) is 0 Å². The summed E-state index contributed by atoms with van der Waals surface area (Å²) in [5.74, 6) is -6.04. The van der Waals surface area contributed by atoms with Crippen molar-refractivity contribution in [3.05, 3.63) is 35.3 Å². The Morgan fingerprint density at radius 2 is 1.14 bits per heavy atom. The highest BCUT2D eigenvalue weighted by Crippen LogP contribution is 2.46. The van der Waals surface area contributed by atoms with Crippen molar-refractivity contribution in [3.8, 4) is 0 Å². The molecule has 4 unspecified atom stereocenters. The smallest absolute Gasteiger partial charge is 0.348 e. The van der Waals surface area contributed by atoms with Crippen LogP contribution in [0, 0.1) is 23.7 Å². The Bertz CT molecular complexity index is 912. The molecule has 4 atom stereocenters. The zero-order valence-electron chi connectivity index (χ0n) is 19.6. The molecule has 200 valence electrons. The fourth-order valence-corrected chi connectivity index (χ4v) is 5.56. The molecule has 0 aromatic carbocycles. The van der Waals surface area contributed by atoms with Crippen LogP contribution in [0.4, 0.5) is 0 Å². The molecular weight excluding hydrogens is 452 g/mol. The van der Waals surface area contributed by atoms with E-state index in [-0.39, 0.29) is 52.5 Å². The monoisotopic (exact) mass is 495 g/mol. The molecule has 0 radical (unpaired) electrons. The maximum Gasteiger partial charge on any atom is 0.348 e. The molecule has 2 aliphatic heterocycles. The lowest BCUT2D eigenvalue weighted by Gasteiger charge is -2.53. The largest absolute Gasteiger partial charge is 0.574 e. The van der Waals surface area contributed by atoms with Gasteiger partial charge in [0, 0.05) is 26.5 Å². The summed E-state index contributed by atoms with van der Waals surface area (Å²) < 4.78 is 22.5. The summed E-state index contributed by atoms with van der Waals surface area (Å²) in [6.45, 7) is 7.62. The van der Waals surface area contributed by atoms with E-state index in [0.29, 0.717) is 0 Å². The minimum atomic E-state index is -1.25. The van der Waals surface area contributed by atoms with Crippen LogP contribution in [0.2, 0.25) is 0 Å². The van der Waals surface area contributed by atoms with Crippen LogP contribution in [0.25, 0.3) is 0 Å². The number of allylic oxidation sites excluding steroid dienone is 2. The molecular formula is C27H43O8-. The number of hydrogen-bond acceptors (Lipinski definition) is 8. The van der Waals surface area contributed by atoms with Crippen molar-refractivity contribution in [2.45, 2.75) is 92.6 Å². The van der Waals surface area contributed by atoms with E-state index in [0.717, 1.165) is 38.5 Å². The topological polar surface area (TPSA) is 111 Å². The van der Waals surface area contributed by atoms with E-state index in [1.54, 1.807) is 0 Å². The standard InChI is InChI=1S/C25H32O8.2CH4.2H2/c1-14-8-5-9-15(2)24(14)30-20(26)18(21(27)31-24)12-7-13-19-22(28)32-25(33-23(19)29)16(3)10-6-11-17(25)4;;;;/h7,12-17,26H,5-6,8-11H2,1-4H3;2*1H4;2*1H/p-1. The van der Waals surface area contributed by atoms with Gasteiger partial charge in [-0.3, -0.25) is 0 Å². The Hall–Kier alpha value is -2.77. The number of carbonyl (C=O) groups is 3. The quantitative estimate of drug-likeness (QED) is 0.306. The number of hydrogen-bond donors (Lipinski definition) is 0. The Kier molecular flexibility index (Phi) is 8.51. The summed E-state index contributed by atoms with van der Waals surface area (Å²) in [7, 11) is 0. The minimum Gasteiger partial charge on any atom is -0.574 e. The van der Waals surface area contributed by atoms with Gasteiger partial charge in [-0.15, -0.1) is 0 Å². The maximum absolute atomic E-state index is 12.6. The van der Waals surface area contributed by atoms with Crippen LogP contribution in [0.15, 0.2) is 35.3 Å². The van der Waals surface area contributed by atoms with Crippen molar-refractivity contribution in [3.63, 3.8) is 0 Å². The van der Waals surface area contributed by atoms with Crippen molar-refractivity contribution in [1.82, 2.24) is 0 Å². The highest BCUT2D eigenvalue weighted by Gasteiger charge is 2.55. The molecule has 0 N–H and O–H groups in total. The first-order chi connectivity index (χ1) is 15.6. The third-order valence-corrected chi connectivity index (χ3v) is 7.71. The van der Waals surface area contributed by atoms with Crippen molar-refractivity contribution >= 4 is 17.9 Å². The van der Waals surface area contributed by atoms with Crippen LogP contribution < -0.4 is 5.11 Å². The van der Waals surface area contributed by atoms with Gasteiger partial charge in [0.15, 0.2) is 5.79 Å². The summed E-state index contributed by atoms with van der Waals surface area (Å²) in [6, 6.07) is 0. The molecule has 0 aromatic rings. The van der Waals surface area contributed by atoms with E-state index in [2.05, 4.69) is 0 Å². The van der Waals surface area contributed by atoms with E-state index < -0.39 is 35.4 Å². The second-order valence-electron chi connectivity index (χ2n) is 9.82. The molecule has 8 heteroatoms. The first kappa shape index (κ1) is 28.5. The second kappa shape index (κ2) is 10.5. The highest BCUT2D eigenvalue weighted by molar-refractivity contribution is 6.15. The lowest BCUT2D eigenvalue weighted by atomic mass is 9.76. The average molecular weight is 496 g/mol. The average Bonchev–Trinajstić information content (AvgIpc) is 2.74. The molecule has 0 aromatic heterocycles. The molecule has 0 amide bonds. The molecule has 0 bridgehead atoms. The third kappa shape index (κ3) is 4.71. The summed E-state index contributed by atoms with van der Waals surface area (Å²) in [5, 5.41) is 12.6. The van der Waals surface area contributed by atoms with Crippen molar-refractivity contribution in [1.29, 1.82) is 0 Å². The van der Waals surface area contributed by atoms with E-state index in [1.807, 2.05) is 27.7 Å². The van der Waals surface area contributed by atoms with Crippen LogP contribution in [0.3, 0.4) is 0 Å². The Balaban J connectivity index is 0.00000324. The molecule has 2 saturated carbocycles. The fourth-order valence-electron chi connectivity index (χ4n) is 5.56. The number of rotatable bonds is 2. The molecule has 2 heterocycles. The second-order valence-corrected chi connectivity index (χ2v) is 9.82. The normalized spacial score (nSPS) is 37.1. The summed E-state index contributed by atoms with van der Waals surface area (Å²) in [5.41, 5.74) is -0.600. The molecule has 8 nitrogen and oxygen atoms in total. The zero-order valence-corrected chi connectivity index (χ0v) is 19.6. The van der Waals surface area contributed by atoms with Gasteiger partial charge in [-0.1, -0.05) is 61.5 Å². The van der Waals surface area contributed by atoms with Gasteiger partial charge in [-0.2, -0.15) is 0 Å².